The van der Waals surface area contributed by atoms with Crippen molar-refractivity contribution in [2.24, 2.45) is 0 Å². The molecule has 0 unspecified atom stereocenters. The third-order valence-electron chi connectivity index (χ3n) is 3.46. The van der Waals surface area contributed by atoms with E-state index in [-0.39, 0.29) is 5.69 Å². The Kier molecular flexibility index (Phi) is 7.47. The topological polar surface area (TPSA) is 66.5 Å². The molecule has 2 aromatic rings. The molecular formula is C18H21FN2O3S2. The van der Waals surface area contributed by atoms with Gasteiger partial charge in [0, 0.05) is 11.4 Å². The van der Waals surface area contributed by atoms with Gasteiger partial charge in [-0.15, -0.1) is 11.8 Å². The molecule has 1 amide bonds. The SMILES string of the molecule is CS(=O)(=O)N(CC(=O)NCCCSc1ccccc1)c1ccccc1F. The first-order valence-corrected chi connectivity index (χ1v) is 10.9. The molecule has 2 rings (SSSR count). The van der Waals surface area contributed by atoms with E-state index in [2.05, 4.69) is 5.32 Å². The van der Waals surface area contributed by atoms with Crippen LogP contribution in [0.5, 0.6) is 0 Å². The van der Waals surface area contributed by atoms with Crippen LogP contribution < -0.4 is 9.62 Å². The molecule has 0 aliphatic rings. The van der Waals surface area contributed by atoms with Crippen molar-refractivity contribution in [2.45, 2.75) is 11.3 Å². The molecule has 1 N–H and O–H groups in total. The lowest BCUT2D eigenvalue weighted by Gasteiger charge is -2.22. The van der Waals surface area contributed by atoms with Crippen LogP contribution in [0.15, 0.2) is 59.5 Å². The molecule has 0 fully saturated rings. The van der Waals surface area contributed by atoms with Gasteiger partial charge in [-0.05, 0) is 36.4 Å². The number of anilines is 1. The van der Waals surface area contributed by atoms with Crippen molar-refractivity contribution in [1.29, 1.82) is 0 Å². The summed E-state index contributed by atoms with van der Waals surface area (Å²) in [7, 11) is -3.78. The average molecular weight is 397 g/mol. The molecule has 140 valence electrons. The van der Waals surface area contributed by atoms with Crippen molar-refractivity contribution in [3.63, 3.8) is 0 Å². The van der Waals surface area contributed by atoms with Gasteiger partial charge in [-0.2, -0.15) is 0 Å². The van der Waals surface area contributed by atoms with Gasteiger partial charge in [0.25, 0.3) is 0 Å². The zero-order chi connectivity index (χ0) is 19.0. The molecule has 0 atom stereocenters. The Morgan fingerprint density at radius 2 is 1.77 bits per heavy atom. The summed E-state index contributed by atoms with van der Waals surface area (Å²) in [5, 5.41) is 2.68. The fraction of sp³-hybridized carbons (Fsp3) is 0.278. The zero-order valence-corrected chi connectivity index (χ0v) is 16.0. The Morgan fingerprint density at radius 1 is 1.12 bits per heavy atom. The van der Waals surface area contributed by atoms with Crippen LogP contribution in [0.2, 0.25) is 0 Å². The second kappa shape index (κ2) is 9.59. The van der Waals surface area contributed by atoms with E-state index < -0.39 is 28.3 Å². The van der Waals surface area contributed by atoms with Crippen LogP contribution >= 0.6 is 11.8 Å². The van der Waals surface area contributed by atoms with Crippen molar-refractivity contribution < 1.29 is 17.6 Å². The minimum absolute atomic E-state index is 0.134. The fourth-order valence-corrected chi connectivity index (χ4v) is 3.96. The lowest BCUT2D eigenvalue weighted by Crippen LogP contribution is -2.41. The molecule has 0 radical (unpaired) electrons. The highest BCUT2D eigenvalue weighted by Crippen LogP contribution is 2.21. The quantitative estimate of drug-likeness (QED) is 0.523. The number of hydrogen-bond donors (Lipinski definition) is 1. The smallest absolute Gasteiger partial charge is 0.240 e. The maximum Gasteiger partial charge on any atom is 0.240 e. The minimum Gasteiger partial charge on any atom is -0.354 e. The van der Waals surface area contributed by atoms with Gasteiger partial charge in [0.1, 0.15) is 12.4 Å². The second-order valence-electron chi connectivity index (χ2n) is 5.59. The number of thioether (sulfide) groups is 1. The van der Waals surface area contributed by atoms with Crippen molar-refractivity contribution in [2.75, 3.05) is 29.4 Å². The van der Waals surface area contributed by atoms with Crippen LogP contribution in [-0.4, -0.2) is 39.4 Å². The van der Waals surface area contributed by atoms with Gasteiger partial charge in [-0.1, -0.05) is 30.3 Å². The summed E-state index contributed by atoms with van der Waals surface area (Å²) in [4.78, 5) is 13.2. The molecule has 0 saturated heterocycles. The monoisotopic (exact) mass is 396 g/mol. The number of nitrogens with zero attached hydrogens (tertiary/aromatic N) is 1. The normalized spacial score (nSPS) is 11.2. The summed E-state index contributed by atoms with van der Waals surface area (Å²) in [5.41, 5.74) is -0.134. The lowest BCUT2D eigenvalue weighted by molar-refractivity contribution is -0.119. The van der Waals surface area contributed by atoms with Crippen LogP contribution in [0, 0.1) is 5.82 Å². The molecule has 0 aliphatic carbocycles. The number of carbonyl (C=O) groups excluding carboxylic acids is 1. The molecule has 0 heterocycles. The molecule has 0 saturated carbocycles. The predicted molar refractivity (Wildman–Crippen MR) is 103 cm³/mol. The Labute approximate surface area is 157 Å². The van der Waals surface area contributed by atoms with Crippen LogP contribution in [0.1, 0.15) is 6.42 Å². The number of para-hydroxylation sites is 1. The lowest BCUT2D eigenvalue weighted by atomic mass is 10.3. The van der Waals surface area contributed by atoms with Crippen molar-refractivity contribution in [3.05, 3.63) is 60.4 Å². The summed E-state index contributed by atoms with van der Waals surface area (Å²) < 4.78 is 38.5. The molecule has 0 bridgehead atoms. The number of benzene rings is 2. The van der Waals surface area contributed by atoms with E-state index in [0.717, 1.165) is 33.7 Å². The van der Waals surface area contributed by atoms with Gasteiger partial charge >= 0.3 is 0 Å². The number of nitrogens with one attached hydrogen (secondary N) is 1. The second-order valence-corrected chi connectivity index (χ2v) is 8.66. The van der Waals surface area contributed by atoms with Crippen LogP contribution in [-0.2, 0) is 14.8 Å². The highest BCUT2D eigenvalue weighted by molar-refractivity contribution is 7.99. The summed E-state index contributed by atoms with van der Waals surface area (Å²) >= 11 is 1.68. The number of carbonyl (C=O) groups is 1. The number of hydrogen-bond acceptors (Lipinski definition) is 4. The van der Waals surface area contributed by atoms with E-state index in [1.54, 1.807) is 11.8 Å². The van der Waals surface area contributed by atoms with Gasteiger partial charge in [0.05, 0.1) is 11.9 Å². The summed E-state index contributed by atoms with van der Waals surface area (Å²) in [6.45, 7) is -0.0286. The standard InChI is InChI=1S/C18H21FN2O3S2/c1-26(23,24)21(17-11-6-5-10-16(17)19)14-18(22)20-12-7-13-25-15-8-3-2-4-9-15/h2-6,8-11H,7,12-14H2,1H3,(H,20,22). The van der Waals surface area contributed by atoms with E-state index in [4.69, 9.17) is 0 Å². The summed E-state index contributed by atoms with van der Waals surface area (Å²) in [5.74, 6) is -0.332. The first-order chi connectivity index (χ1) is 12.4. The minimum atomic E-state index is -3.78. The van der Waals surface area contributed by atoms with Crippen molar-refractivity contribution in [3.8, 4) is 0 Å². The van der Waals surface area contributed by atoms with Crippen LogP contribution in [0.4, 0.5) is 10.1 Å². The van der Waals surface area contributed by atoms with E-state index in [9.17, 15) is 17.6 Å². The molecular weight excluding hydrogens is 375 g/mol. The van der Waals surface area contributed by atoms with Gasteiger partial charge in [0.15, 0.2) is 0 Å². The number of halogens is 1. The molecule has 0 aromatic heterocycles. The molecule has 5 nitrogen and oxygen atoms in total. The molecule has 0 spiro atoms. The van der Waals surface area contributed by atoms with Crippen molar-refractivity contribution in [1.82, 2.24) is 5.32 Å². The highest BCUT2D eigenvalue weighted by Gasteiger charge is 2.23. The molecule has 26 heavy (non-hydrogen) atoms. The Bertz CT molecular complexity index is 829. The van der Waals surface area contributed by atoms with E-state index in [0.29, 0.717) is 6.54 Å². The number of rotatable bonds is 9. The largest absolute Gasteiger partial charge is 0.354 e. The molecule has 0 aliphatic heterocycles. The maximum absolute atomic E-state index is 13.9. The number of amides is 1. The third-order valence-corrected chi connectivity index (χ3v) is 5.69. The third kappa shape index (κ3) is 6.34. The predicted octanol–water partition coefficient (Wildman–Crippen LogP) is 2.89. The highest BCUT2D eigenvalue weighted by atomic mass is 32.2. The van der Waals surface area contributed by atoms with Crippen molar-refractivity contribution >= 4 is 33.4 Å². The average Bonchev–Trinajstić information content (AvgIpc) is 2.60. The Hall–Kier alpha value is -2.06. The Morgan fingerprint density at radius 3 is 2.42 bits per heavy atom. The first kappa shape index (κ1) is 20.3. The summed E-state index contributed by atoms with van der Waals surface area (Å²) in [6.07, 6.45) is 1.69. The fourth-order valence-electron chi connectivity index (χ4n) is 2.23. The van der Waals surface area contributed by atoms with Gasteiger partial charge in [-0.3, -0.25) is 9.10 Å². The van der Waals surface area contributed by atoms with E-state index >= 15 is 0 Å². The maximum atomic E-state index is 13.9. The van der Waals surface area contributed by atoms with E-state index in [1.807, 2.05) is 30.3 Å². The molecule has 2 aromatic carbocycles. The number of sulfonamides is 1. The zero-order valence-electron chi connectivity index (χ0n) is 14.4. The molecule has 8 heteroatoms. The van der Waals surface area contributed by atoms with Gasteiger partial charge in [0.2, 0.25) is 15.9 Å². The first-order valence-electron chi connectivity index (χ1n) is 8.05. The van der Waals surface area contributed by atoms with Gasteiger partial charge in [-0.25, -0.2) is 12.8 Å². The van der Waals surface area contributed by atoms with Crippen LogP contribution in [0.3, 0.4) is 0 Å². The van der Waals surface area contributed by atoms with Gasteiger partial charge < -0.3 is 5.32 Å². The Balaban J connectivity index is 1.83. The summed E-state index contributed by atoms with van der Waals surface area (Å²) in [6, 6.07) is 15.4. The van der Waals surface area contributed by atoms with Crippen LogP contribution in [0.25, 0.3) is 0 Å². The van der Waals surface area contributed by atoms with E-state index in [1.165, 1.54) is 18.2 Å².